The third kappa shape index (κ3) is 7.16. The molecule has 0 aliphatic rings. The predicted molar refractivity (Wildman–Crippen MR) is 80.2 cm³/mol. The van der Waals surface area contributed by atoms with Gasteiger partial charge in [0.2, 0.25) is 5.91 Å². The summed E-state index contributed by atoms with van der Waals surface area (Å²) < 4.78 is 9.71. The van der Waals surface area contributed by atoms with E-state index in [0.29, 0.717) is 37.8 Å². The van der Waals surface area contributed by atoms with Gasteiger partial charge in [-0.05, 0) is 0 Å². The van der Waals surface area contributed by atoms with E-state index in [2.05, 4.69) is 19.9 Å². The number of methoxy groups -OCH3 is 2. The summed E-state index contributed by atoms with van der Waals surface area (Å²) >= 11 is 1.38. The van der Waals surface area contributed by atoms with E-state index in [-0.39, 0.29) is 11.9 Å². The van der Waals surface area contributed by atoms with E-state index >= 15 is 0 Å². The van der Waals surface area contributed by atoms with Crippen molar-refractivity contribution >= 4 is 28.3 Å². The number of hydrogen-bond donors (Lipinski definition) is 1. The summed E-state index contributed by atoms with van der Waals surface area (Å²) in [4.78, 5) is 28.6. The molecule has 0 unspecified atom stereocenters. The minimum atomic E-state index is -0.241. The Kier molecular flexibility index (Phi) is 7.88. The summed E-state index contributed by atoms with van der Waals surface area (Å²) in [7, 11) is 3.01. The Labute approximate surface area is 128 Å². The summed E-state index contributed by atoms with van der Waals surface area (Å²) in [5.41, 5.74) is 0.852. The van der Waals surface area contributed by atoms with Crippen LogP contribution in [0.2, 0.25) is 0 Å². The van der Waals surface area contributed by atoms with Gasteiger partial charge in [0, 0.05) is 39.0 Å². The topological polar surface area (TPSA) is 80.8 Å². The Morgan fingerprint density at radius 3 is 2.76 bits per heavy atom. The number of thiazole rings is 1. The molecular formula is C13H21N3O4S. The average Bonchev–Trinajstić information content (AvgIpc) is 2.87. The molecule has 0 spiro atoms. The molecule has 0 radical (unpaired) electrons. The van der Waals surface area contributed by atoms with Crippen LogP contribution in [-0.2, 0) is 25.6 Å². The lowest BCUT2D eigenvalue weighted by Crippen LogP contribution is -2.29. The van der Waals surface area contributed by atoms with E-state index in [4.69, 9.17) is 4.74 Å². The van der Waals surface area contributed by atoms with Crippen LogP contribution in [-0.4, -0.2) is 55.7 Å². The molecular weight excluding hydrogens is 294 g/mol. The first-order valence-electron chi connectivity index (χ1n) is 6.55. The van der Waals surface area contributed by atoms with Crippen molar-refractivity contribution in [1.29, 1.82) is 0 Å². The van der Waals surface area contributed by atoms with Gasteiger partial charge in [0.1, 0.15) is 0 Å². The van der Waals surface area contributed by atoms with Crippen LogP contribution in [0.25, 0.3) is 0 Å². The lowest BCUT2D eigenvalue weighted by molar-refractivity contribution is -0.141. The zero-order valence-electron chi connectivity index (χ0n) is 12.5. The van der Waals surface area contributed by atoms with Gasteiger partial charge < -0.3 is 14.8 Å². The van der Waals surface area contributed by atoms with E-state index in [0.717, 1.165) is 5.69 Å². The van der Waals surface area contributed by atoms with E-state index in [1.165, 1.54) is 25.4 Å². The molecule has 118 valence electrons. The van der Waals surface area contributed by atoms with Crippen LogP contribution in [0, 0.1) is 0 Å². The number of rotatable bonds is 9. The Balaban J connectivity index is 2.55. The lowest BCUT2D eigenvalue weighted by Gasteiger charge is -2.20. The molecule has 0 saturated heterocycles. The molecule has 1 aromatic rings. The molecule has 8 heteroatoms. The summed E-state index contributed by atoms with van der Waals surface area (Å²) in [6.45, 7) is 3.88. The van der Waals surface area contributed by atoms with Gasteiger partial charge in [-0.1, -0.05) is 0 Å². The van der Waals surface area contributed by atoms with E-state index < -0.39 is 0 Å². The highest BCUT2D eigenvalue weighted by molar-refractivity contribution is 7.13. The van der Waals surface area contributed by atoms with Crippen LogP contribution in [0.5, 0.6) is 0 Å². The molecule has 1 heterocycles. The number of anilines is 1. The second-order valence-corrected chi connectivity index (χ2v) is 5.28. The Bertz CT molecular complexity index is 464. The molecule has 0 aromatic carbocycles. The molecule has 1 aromatic heterocycles. The maximum atomic E-state index is 11.2. The predicted octanol–water partition coefficient (Wildman–Crippen LogP) is 1.11. The van der Waals surface area contributed by atoms with E-state index in [1.807, 2.05) is 5.38 Å². The fourth-order valence-corrected chi connectivity index (χ4v) is 2.41. The number of carbonyl (C=O) groups excluding carboxylic acids is 2. The smallest absolute Gasteiger partial charge is 0.306 e. The second kappa shape index (κ2) is 9.43. The van der Waals surface area contributed by atoms with Crippen molar-refractivity contribution in [2.75, 3.05) is 39.2 Å². The number of hydrogen-bond acceptors (Lipinski definition) is 7. The number of nitrogens with zero attached hydrogens (tertiary/aromatic N) is 2. The van der Waals surface area contributed by atoms with Crippen molar-refractivity contribution < 1.29 is 19.1 Å². The zero-order valence-corrected chi connectivity index (χ0v) is 13.4. The molecule has 0 saturated carbocycles. The van der Waals surface area contributed by atoms with Gasteiger partial charge in [-0.25, -0.2) is 4.98 Å². The highest BCUT2D eigenvalue weighted by atomic mass is 32.1. The summed E-state index contributed by atoms with van der Waals surface area (Å²) in [5.74, 6) is -0.382. The number of aromatic nitrogens is 1. The lowest BCUT2D eigenvalue weighted by atomic mass is 10.3. The first-order chi connectivity index (χ1) is 10.0. The van der Waals surface area contributed by atoms with Gasteiger partial charge >= 0.3 is 5.97 Å². The molecule has 0 atom stereocenters. The van der Waals surface area contributed by atoms with Crippen LogP contribution in [0.1, 0.15) is 19.0 Å². The number of ether oxygens (including phenoxy) is 2. The summed E-state index contributed by atoms with van der Waals surface area (Å²) in [6, 6.07) is 0. The van der Waals surface area contributed by atoms with Crippen molar-refractivity contribution in [2.45, 2.75) is 19.9 Å². The monoisotopic (exact) mass is 315 g/mol. The minimum Gasteiger partial charge on any atom is -0.469 e. The quantitative estimate of drug-likeness (QED) is 0.688. The minimum absolute atomic E-state index is 0.141. The normalized spacial score (nSPS) is 10.7. The van der Waals surface area contributed by atoms with Crippen molar-refractivity contribution in [3.8, 4) is 0 Å². The third-order valence-corrected chi connectivity index (χ3v) is 3.50. The maximum Gasteiger partial charge on any atom is 0.306 e. The molecule has 21 heavy (non-hydrogen) atoms. The molecule has 1 N–H and O–H groups in total. The fraction of sp³-hybridized carbons (Fsp3) is 0.615. The van der Waals surface area contributed by atoms with Gasteiger partial charge in [0.05, 0.1) is 25.8 Å². The fourth-order valence-electron chi connectivity index (χ4n) is 1.66. The molecule has 0 fully saturated rings. The first-order valence-corrected chi connectivity index (χ1v) is 7.43. The van der Waals surface area contributed by atoms with E-state index in [1.54, 1.807) is 7.11 Å². The second-order valence-electron chi connectivity index (χ2n) is 4.42. The highest BCUT2D eigenvalue weighted by Crippen LogP contribution is 2.16. The number of nitrogens with one attached hydrogen (secondary N) is 1. The molecule has 0 aliphatic heterocycles. The highest BCUT2D eigenvalue weighted by Gasteiger charge is 2.11. The molecule has 0 bridgehead atoms. The summed E-state index contributed by atoms with van der Waals surface area (Å²) in [6.07, 6.45) is 0.322. The molecule has 7 nitrogen and oxygen atoms in total. The van der Waals surface area contributed by atoms with Crippen LogP contribution < -0.4 is 5.32 Å². The Morgan fingerprint density at radius 2 is 2.14 bits per heavy atom. The van der Waals surface area contributed by atoms with Crippen molar-refractivity contribution in [2.24, 2.45) is 0 Å². The Hall–Kier alpha value is -1.51. The third-order valence-electron chi connectivity index (χ3n) is 2.69. The van der Waals surface area contributed by atoms with Crippen LogP contribution >= 0.6 is 11.3 Å². The van der Waals surface area contributed by atoms with Gasteiger partial charge in [0.25, 0.3) is 0 Å². The molecule has 1 amide bonds. The van der Waals surface area contributed by atoms with Gasteiger partial charge in [0.15, 0.2) is 5.13 Å². The maximum absolute atomic E-state index is 11.2. The molecule has 0 aliphatic carbocycles. The first kappa shape index (κ1) is 17.5. The van der Waals surface area contributed by atoms with Crippen molar-refractivity contribution in [1.82, 2.24) is 9.88 Å². The number of amides is 1. The molecule has 1 rings (SSSR count). The van der Waals surface area contributed by atoms with Crippen LogP contribution in [0.3, 0.4) is 0 Å². The standard InChI is InChI=1S/C13H21N3O4S/c1-10(17)14-13-15-11(9-21-13)8-16(6-7-19-2)5-4-12(18)20-3/h9H,4-8H2,1-3H3,(H,14,15,17). The SMILES string of the molecule is COCCN(CCC(=O)OC)Cc1csc(NC(C)=O)n1. The van der Waals surface area contributed by atoms with Gasteiger partial charge in [-0.3, -0.25) is 14.5 Å². The number of esters is 1. The average molecular weight is 315 g/mol. The Morgan fingerprint density at radius 1 is 1.38 bits per heavy atom. The van der Waals surface area contributed by atoms with Crippen molar-refractivity contribution in [3.63, 3.8) is 0 Å². The largest absolute Gasteiger partial charge is 0.469 e. The zero-order chi connectivity index (χ0) is 15.7. The number of carbonyl (C=O) groups is 2. The summed E-state index contributed by atoms with van der Waals surface area (Å²) in [5, 5.41) is 5.12. The van der Waals surface area contributed by atoms with Crippen LogP contribution in [0.15, 0.2) is 5.38 Å². The van der Waals surface area contributed by atoms with Crippen LogP contribution in [0.4, 0.5) is 5.13 Å². The van der Waals surface area contributed by atoms with Gasteiger partial charge in [-0.15, -0.1) is 11.3 Å². The van der Waals surface area contributed by atoms with Gasteiger partial charge in [-0.2, -0.15) is 0 Å². The van der Waals surface area contributed by atoms with Crippen molar-refractivity contribution in [3.05, 3.63) is 11.1 Å². The van der Waals surface area contributed by atoms with E-state index in [9.17, 15) is 9.59 Å².